The molecule has 4 nitrogen and oxygen atoms in total. The molecule has 1 aromatic rings. The molecule has 0 unspecified atom stereocenters. The third kappa shape index (κ3) is 2.95. The van der Waals surface area contributed by atoms with Gasteiger partial charge in [-0.05, 0) is 38.8 Å². The van der Waals surface area contributed by atoms with E-state index < -0.39 is 14.6 Å². The second-order valence-corrected chi connectivity index (χ2v) is 7.59. The van der Waals surface area contributed by atoms with Crippen LogP contribution in [0.15, 0.2) is 18.3 Å². The van der Waals surface area contributed by atoms with Gasteiger partial charge in [0.05, 0.1) is 10.5 Å². The van der Waals surface area contributed by atoms with Crippen molar-refractivity contribution < 1.29 is 8.42 Å². The van der Waals surface area contributed by atoms with E-state index in [4.69, 9.17) is 5.73 Å². The number of anilines is 1. The summed E-state index contributed by atoms with van der Waals surface area (Å²) >= 11 is 0. The highest BCUT2D eigenvalue weighted by Gasteiger charge is 2.28. The molecule has 0 atom stereocenters. The van der Waals surface area contributed by atoms with Crippen molar-refractivity contribution in [2.24, 2.45) is 0 Å². The maximum atomic E-state index is 11.9. The lowest BCUT2D eigenvalue weighted by Gasteiger charge is -2.19. The molecule has 0 radical (unpaired) electrons. The topological polar surface area (TPSA) is 73.0 Å². The standard InChI is InChI=1S/C11H18N2O2S/c1-11(2,3)16(14,15)8-6-9-5-4-7-13-10(9)12/h4-5,7H,6,8H2,1-3H3,(H2,12,13). The van der Waals surface area contributed by atoms with Crippen molar-refractivity contribution in [1.82, 2.24) is 4.98 Å². The summed E-state index contributed by atoms with van der Waals surface area (Å²) in [5.41, 5.74) is 6.44. The van der Waals surface area contributed by atoms with E-state index in [2.05, 4.69) is 4.98 Å². The molecule has 0 aromatic carbocycles. The second kappa shape index (κ2) is 4.41. The Kier molecular flexibility index (Phi) is 3.57. The number of nitrogen functional groups attached to an aromatic ring is 1. The summed E-state index contributed by atoms with van der Waals surface area (Å²) in [7, 11) is -3.10. The van der Waals surface area contributed by atoms with Crippen LogP contribution in [0.2, 0.25) is 0 Å². The van der Waals surface area contributed by atoms with E-state index in [-0.39, 0.29) is 5.75 Å². The van der Waals surface area contributed by atoms with E-state index in [1.165, 1.54) is 0 Å². The molecule has 1 rings (SSSR count). The van der Waals surface area contributed by atoms with E-state index >= 15 is 0 Å². The van der Waals surface area contributed by atoms with Crippen LogP contribution >= 0.6 is 0 Å². The quantitative estimate of drug-likeness (QED) is 0.870. The molecular weight excluding hydrogens is 224 g/mol. The fourth-order valence-electron chi connectivity index (χ4n) is 1.21. The van der Waals surface area contributed by atoms with Gasteiger partial charge in [0.1, 0.15) is 5.82 Å². The van der Waals surface area contributed by atoms with Crippen LogP contribution in [0.25, 0.3) is 0 Å². The van der Waals surface area contributed by atoms with Gasteiger partial charge in [0.25, 0.3) is 0 Å². The highest BCUT2D eigenvalue weighted by Crippen LogP contribution is 2.18. The van der Waals surface area contributed by atoms with Gasteiger partial charge in [0.2, 0.25) is 0 Å². The minimum Gasteiger partial charge on any atom is -0.383 e. The predicted octanol–water partition coefficient (Wildman–Crippen LogP) is 1.42. The van der Waals surface area contributed by atoms with Gasteiger partial charge in [0.15, 0.2) is 9.84 Å². The molecule has 90 valence electrons. The molecule has 0 aliphatic carbocycles. The largest absolute Gasteiger partial charge is 0.383 e. The van der Waals surface area contributed by atoms with Crippen LogP contribution in [-0.4, -0.2) is 23.9 Å². The fourth-order valence-corrected chi connectivity index (χ4v) is 2.31. The number of hydrogen-bond acceptors (Lipinski definition) is 4. The Hall–Kier alpha value is -1.10. The molecule has 1 aromatic heterocycles. The minimum atomic E-state index is -3.10. The average molecular weight is 242 g/mol. The van der Waals surface area contributed by atoms with E-state index in [0.717, 1.165) is 5.56 Å². The Bertz CT molecular complexity index is 461. The lowest BCUT2D eigenvalue weighted by atomic mass is 10.2. The lowest BCUT2D eigenvalue weighted by molar-refractivity contribution is 0.559. The molecule has 0 saturated carbocycles. The summed E-state index contributed by atoms with van der Waals surface area (Å²) in [6, 6.07) is 3.57. The Labute approximate surface area is 96.8 Å². The number of nitrogens with two attached hydrogens (primary N) is 1. The van der Waals surface area contributed by atoms with Crippen molar-refractivity contribution in [2.45, 2.75) is 31.9 Å². The molecule has 0 spiro atoms. The summed E-state index contributed by atoms with van der Waals surface area (Å²) in [6.07, 6.45) is 2.01. The SMILES string of the molecule is CC(C)(C)S(=O)(=O)CCc1cccnc1N. The predicted molar refractivity (Wildman–Crippen MR) is 65.9 cm³/mol. The zero-order valence-corrected chi connectivity index (χ0v) is 10.7. The van der Waals surface area contributed by atoms with Crippen LogP contribution < -0.4 is 5.73 Å². The first-order chi connectivity index (χ1) is 7.24. The molecule has 0 bridgehead atoms. The Morgan fingerprint density at radius 1 is 1.38 bits per heavy atom. The number of nitrogens with zero attached hydrogens (tertiary/aromatic N) is 1. The smallest absolute Gasteiger partial charge is 0.155 e. The normalized spacial score (nSPS) is 12.7. The number of hydrogen-bond donors (Lipinski definition) is 1. The number of sulfone groups is 1. The molecule has 0 aliphatic heterocycles. The van der Waals surface area contributed by atoms with Gasteiger partial charge in [-0.3, -0.25) is 0 Å². The van der Waals surface area contributed by atoms with Crippen LogP contribution in [0.3, 0.4) is 0 Å². The molecule has 0 saturated heterocycles. The highest BCUT2D eigenvalue weighted by molar-refractivity contribution is 7.92. The van der Waals surface area contributed by atoms with Crippen molar-refractivity contribution >= 4 is 15.7 Å². The third-order valence-electron chi connectivity index (χ3n) is 2.50. The Morgan fingerprint density at radius 2 is 2.00 bits per heavy atom. The first-order valence-electron chi connectivity index (χ1n) is 5.16. The zero-order chi connectivity index (χ0) is 12.4. The molecule has 0 fully saturated rings. The zero-order valence-electron chi connectivity index (χ0n) is 9.90. The number of pyridine rings is 1. The third-order valence-corrected chi connectivity index (χ3v) is 5.11. The van der Waals surface area contributed by atoms with Crippen LogP contribution in [0, 0.1) is 0 Å². The van der Waals surface area contributed by atoms with Crippen molar-refractivity contribution in [2.75, 3.05) is 11.5 Å². The lowest BCUT2D eigenvalue weighted by Crippen LogP contribution is -2.31. The first-order valence-corrected chi connectivity index (χ1v) is 6.81. The molecule has 2 N–H and O–H groups in total. The highest BCUT2D eigenvalue weighted by atomic mass is 32.2. The average Bonchev–Trinajstić information content (AvgIpc) is 2.15. The summed E-state index contributed by atoms with van der Waals surface area (Å²) in [5, 5.41) is 0. The molecule has 0 amide bonds. The number of aromatic nitrogens is 1. The number of aryl methyl sites for hydroxylation is 1. The molecule has 0 aliphatic rings. The molecular formula is C11H18N2O2S. The van der Waals surface area contributed by atoms with E-state index in [1.807, 2.05) is 0 Å². The maximum absolute atomic E-state index is 11.9. The Morgan fingerprint density at radius 3 is 2.50 bits per heavy atom. The van der Waals surface area contributed by atoms with E-state index in [9.17, 15) is 8.42 Å². The van der Waals surface area contributed by atoms with Crippen molar-refractivity contribution in [3.05, 3.63) is 23.9 Å². The van der Waals surface area contributed by atoms with Gasteiger partial charge < -0.3 is 5.73 Å². The first kappa shape index (κ1) is 13.0. The maximum Gasteiger partial charge on any atom is 0.155 e. The van der Waals surface area contributed by atoms with Crippen LogP contribution in [0.1, 0.15) is 26.3 Å². The van der Waals surface area contributed by atoms with Crippen LogP contribution in [0.4, 0.5) is 5.82 Å². The summed E-state index contributed by atoms with van der Waals surface area (Å²) < 4.78 is 23.0. The van der Waals surface area contributed by atoms with Crippen LogP contribution in [-0.2, 0) is 16.3 Å². The van der Waals surface area contributed by atoms with Gasteiger partial charge in [0, 0.05) is 6.20 Å². The van der Waals surface area contributed by atoms with Crippen molar-refractivity contribution in [1.29, 1.82) is 0 Å². The summed E-state index contributed by atoms with van der Waals surface area (Å²) in [5.74, 6) is 0.512. The number of rotatable bonds is 3. The monoisotopic (exact) mass is 242 g/mol. The Balaban J connectivity index is 2.77. The molecule has 1 heterocycles. The fraction of sp³-hybridized carbons (Fsp3) is 0.545. The van der Waals surface area contributed by atoms with Crippen molar-refractivity contribution in [3.63, 3.8) is 0 Å². The van der Waals surface area contributed by atoms with E-state index in [1.54, 1.807) is 39.1 Å². The van der Waals surface area contributed by atoms with Gasteiger partial charge in [-0.15, -0.1) is 0 Å². The van der Waals surface area contributed by atoms with Gasteiger partial charge in [-0.2, -0.15) is 0 Å². The second-order valence-electron chi connectivity index (χ2n) is 4.73. The minimum absolute atomic E-state index is 0.104. The van der Waals surface area contributed by atoms with Gasteiger partial charge >= 0.3 is 0 Å². The molecule has 16 heavy (non-hydrogen) atoms. The summed E-state index contributed by atoms with van der Waals surface area (Å²) in [6.45, 7) is 5.11. The van der Waals surface area contributed by atoms with E-state index in [0.29, 0.717) is 12.2 Å². The molecule has 5 heteroatoms. The van der Waals surface area contributed by atoms with Crippen molar-refractivity contribution in [3.8, 4) is 0 Å². The summed E-state index contributed by atoms with van der Waals surface area (Å²) in [4.78, 5) is 3.92. The van der Waals surface area contributed by atoms with Crippen LogP contribution in [0.5, 0.6) is 0 Å². The van der Waals surface area contributed by atoms with Gasteiger partial charge in [-0.25, -0.2) is 13.4 Å². The van der Waals surface area contributed by atoms with Gasteiger partial charge in [-0.1, -0.05) is 6.07 Å².